The highest BCUT2D eigenvalue weighted by Crippen LogP contribution is 2.12. The monoisotopic (exact) mass is 225 g/mol. The predicted octanol–water partition coefficient (Wildman–Crippen LogP) is 0.230. The van der Waals surface area contributed by atoms with Gasteiger partial charge in [0.05, 0.1) is 13.7 Å². The molecule has 5 heteroatoms. The Morgan fingerprint density at radius 2 is 2.31 bits per heavy atom. The Kier molecular flexibility index (Phi) is 4.75. The second-order valence-electron chi connectivity index (χ2n) is 3.31. The summed E-state index contributed by atoms with van der Waals surface area (Å²) in [7, 11) is 1.57. The number of carboxylic acid groups (broad SMARTS) is 1. The first-order chi connectivity index (χ1) is 7.67. The first kappa shape index (κ1) is 12.5. The van der Waals surface area contributed by atoms with Gasteiger partial charge in [0, 0.05) is 6.54 Å². The lowest BCUT2D eigenvalue weighted by Gasteiger charge is -2.11. The Hall–Kier alpha value is -1.59. The van der Waals surface area contributed by atoms with Crippen molar-refractivity contribution in [2.24, 2.45) is 0 Å². The van der Waals surface area contributed by atoms with E-state index in [0.29, 0.717) is 6.54 Å². The molecule has 0 heterocycles. The van der Waals surface area contributed by atoms with Gasteiger partial charge in [-0.2, -0.15) is 0 Å². The smallest absolute Gasteiger partial charge is 0.323 e. The molecule has 1 atom stereocenters. The molecule has 0 spiro atoms. The zero-order chi connectivity index (χ0) is 12.0. The van der Waals surface area contributed by atoms with Crippen molar-refractivity contribution in [1.29, 1.82) is 0 Å². The highest BCUT2D eigenvalue weighted by Gasteiger charge is 2.14. The Morgan fingerprint density at radius 1 is 1.56 bits per heavy atom. The Morgan fingerprint density at radius 3 is 2.88 bits per heavy atom. The van der Waals surface area contributed by atoms with Crippen LogP contribution in [0.15, 0.2) is 24.3 Å². The van der Waals surface area contributed by atoms with E-state index >= 15 is 0 Å². The van der Waals surface area contributed by atoms with E-state index in [2.05, 4.69) is 5.32 Å². The molecule has 1 aromatic carbocycles. The highest BCUT2D eigenvalue weighted by atomic mass is 16.5. The van der Waals surface area contributed by atoms with Crippen LogP contribution in [0.4, 0.5) is 0 Å². The molecule has 0 aromatic heterocycles. The van der Waals surface area contributed by atoms with Crippen molar-refractivity contribution in [3.63, 3.8) is 0 Å². The molecule has 0 bridgehead atoms. The molecular formula is C11H15NO4. The van der Waals surface area contributed by atoms with Gasteiger partial charge in [0.2, 0.25) is 0 Å². The summed E-state index contributed by atoms with van der Waals surface area (Å²) in [6.07, 6.45) is 0. The number of nitrogens with one attached hydrogen (secondary N) is 1. The number of hydrogen-bond donors (Lipinski definition) is 3. The van der Waals surface area contributed by atoms with Gasteiger partial charge in [-0.25, -0.2) is 0 Å². The molecule has 1 aromatic rings. The minimum Gasteiger partial charge on any atom is -0.497 e. The van der Waals surface area contributed by atoms with Crippen LogP contribution in [0, 0.1) is 0 Å². The molecule has 0 aliphatic rings. The molecule has 88 valence electrons. The normalized spacial score (nSPS) is 12.1. The second-order valence-corrected chi connectivity index (χ2v) is 3.31. The maximum atomic E-state index is 10.6. The summed E-state index contributed by atoms with van der Waals surface area (Å²) in [6.45, 7) is -0.0615. The summed E-state index contributed by atoms with van der Waals surface area (Å²) in [5, 5.41) is 20.2. The second kappa shape index (κ2) is 6.09. The lowest BCUT2D eigenvalue weighted by Crippen LogP contribution is -2.39. The van der Waals surface area contributed by atoms with Gasteiger partial charge in [0.25, 0.3) is 0 Å². The molecule has 0 aliphatic heterocycles. The van der Waals surface area contributed by atoms with Crippen molar-refractivity contribution in [1.82, 2.24) is 5.32 Å². The molecule has 5 nitrogen and oxygen atoms in total. The Bertz CT molecular complexity index is 354. The minimum atomic E-state index is -1.06. The number of carbonyl (C=O) groups is 1. The number of methoxy groups -OCH3 is 1. The summed E-state index contributed by atoms with van der Waals surface area (Å²) >= 11 is 0. The van der Waals surface area contributed by atoms with E-state index in [1.165, 1.54) is 0 Å². The van der Waals surface area contributed by atoms with Crippen LogP contribution in [0.2, 0.25) is 0 Å². The zero-order valence-corrected chi connectivity index (χ0v) is 9.01. The number of aliphatic hydroxyl groups is 1. The van der Waals surface area contributed by atoms with E-state index in [1.54, 1.807) is 7.11 Å². The molecule has 3 N–H and O–H groups in total. The van der Waals surface area contributed by atoms with Gasteiger partial charge in [-0.1, -0.05) is 12.1 Å². The lowest BCUT2D eigenvalue weighted by atomic mass is 10.2. The van der Waals surface area contributed by atoms with Crippen molar-refractivity contribution >= 4 is 5.97 Å². The van der Waals surface area contributed by atoms with Gasteiger partial charge in [-0.3, -0.25) is 10.1 Å². The minimum absolute atomic E-state index is 0.370. The SMILES string of the molecule is COc1cccc(CNC(CO)C(=O)O)c1. The van der Waals surface area contributed by atoms with E-state index in [-0.39, 0.29) is 0 Å². The van der Waals surface area contributed by atoms with Crippen molar-refractivity contribution in [3.05, 3.63) is 29.8 Å². The number of carboxylic acids is 1. The maximum Gasteiger partial charge on any atom is 0.323 e. The summed E-state index contributed by atoms with van der Waals surface area (Å²) < 4.78 is 5.04. The molecule has 0 aliphatic carbocycles. The highest BCUT2D eigenvalue weighted by molar-refractivity contribution is 5.73. The summed E-state index contributed by atoms with van der Waals surface area (Å²) in [5.41, 5.74) is 0.902. The fourth-order valence-corrected chi connectivity index (χ4v) is 1.25. The van der Waals surface area contributed by atoms with E-state index in [9.17, 15) is 4.79 Å². The standard InChI is InChI=1S/C11H15NO4/c1-16-9-4-2-3-8(5-9)6-12-10(7-13)11(14)15/h2-5,10,12-13H,6-7H2,1H3,(H,14,15). The van der Waals surface area contributed by atoms with E-state index in [4.69, 9.17) is 14.9 Å². The molecule has 16 heavy (non-hydrogen) atoms. The van der Waals surface area contributed by atoms with Crippen LogP contribution in [-0.4, -0.2) is 35.9 Å². The quantitative estimate of drug-likeness (QED) is 0.646. The summed E-state index contributed by atoms with van der Waals surface area (Å²) in [4.78, 5) is 10.6. The third-order valence-corrected chi connectivity index (χ3v) is 2.17. The van der Waals surface area contributed by atoms with Crippen molar-refractivity contribution in [2.75, 3.05) is 13.7 Å². The molecule has 0 saturated carbocycles. The third kappa shape index (κ3) is 3.52. The maximum absolute atomic E-state index is 10.6. The largest absolute Gasteiger partial charge is 0.497 e. The fourth-order valence-electron chi connectivity index (χ4n) is 1.25. The average Bonchev–Trinajstić information content (AvgIpc) is 2.29. The van der Waals surface area contributed by atoms with Crippen LogP contribution in [0.3, 0.4) is 0 Å². The number of aliphatic carboxylic acids is 1. The van der Waals surface area contributed by atoms with E-state index in [1.807, 2.05) is 24.3 Å². The number of benzene rings is 1. The molecule has 0 fully saturated rings. The number of hydrogen-bond acceptors (Lipinski definition) is 4. The van der Waals surface area contributed by atoms with Crippen LogP contribution >= 0.6 is 0 Å². The van der Waals surface area contributed by atoms with Crippen LogP contribution in [0.5, 0.6) is 5.75 Å². The summed E-state index contributed by atoms with van der Waals surface area (Å²) in [5.74, 6) is -0.347. The third-order valence-electron chi connectivity index (χ3n) is 2.17. The summed E-state index contributed by atoms with van der Waals surface area (Å²) in [6, 6.07) is 6.36. The van der Waals surface area contributed by atoms with Crippen molar-refractivity contribution in [2.45, 2.75) is 12.6 Å². The van der Waals surface area contributed by atoms with E-state index < -0.39 is 18.6 Å². The van der Waals surface area contributed by atoms with Gasteiger partial charge >= 0.3 is 5.97 Å². The van der Waals surface area contributed by atoms with Crippen LogP contribution in [-0.2, 0) is 11.3 Å². The van der Waals surface area contributed by atoms with Crippen LogP contribution in [0.1, 0.15) is 5.56 Å². The molecule has 0 saturated heterocycles. The molecule has 0 amide bonds. The Balaban J connectivity index is 2.56. The van der Waals surface area contributed by atoms with Gasteiger partial charge in [0.15, 0.2) is 0 Å². The average molecular weight is 225 g/mol. The zero-order valence-electron chi connectivity index (χ0n) is 9.01. The fraction of sp³-hybridized carbons (Fsp3) is 0.364. The van der Waals surface area contributed by atoms with Crippen LogP contribution < -0.4 is 10.1 Å². The molecule has 0 radical (unpaired) electrons. The predicted molar refractivity (Wildman–Crippen MR) is 58.3 cm³/mol. The van der Waals surface area contributed by atoms with Crippen molar-refractivity contribution in [3.8, 4) is 5.75 Å². The molecule has 1 unspecified atom stereocenters. The van der Waals surface area contributed by atoms with E-state index in [0.717, 1.165) is 11.3 Å². The van der Waals surface area contributed by atoms with Gasteiger partial charge in [-0.05, 0) is 17.7 Å². The molecular weight excluding hydrogens is 210 g/mol. The van der Waals surface area contributed by atoms with Crippen LogP contribution in [0.25, 0.3) is 0 Å². The first-order valence-corrected chi connectivity index (χ1v) is 4.87. The number of ether oxygens (including phenoxy) is 1. The topological polar surface area (TPSA) is 78.8 Å². The first-order valence-electron chi connectivity index (χ1n) is 4.87. The number of aliphatic hydroxyl groups excluding tert-OH is 1. The number of rotatable bonds is 6. The molecule has 1 rings (SSSR count). The Labute approximate surface area is 93.7 Å². The van der Waals surface area contributed by atoms with Gasteiger partial charge < -0.3 is 14.9 Å². The van der Waals surface area contributed by atoms with Crippen molar-refractivity contribution < 1.29 is 19.7 Å². The van der Waals surface area contributed by atoms with Gasteiger partial charge in [-0.15, -0.1) is 0 Å². The lowest BCUT2D eigenvalue weighted by molar-refractivity contribution is -0.140. The van der Waals surface area contributed by atoms with Gasteiger partial charge in [0.1, 0.15) is 11.8 Å².